The van der Waals surface area contributed by atoms with E-state index in [9.17, 15) is 0 Å². The van der Waals surface area contributed by atoms with Gasteiger partial charge in [0, 0.05) is 5.54 Å². The van der Waals surface area contributed by atoms with Crippen molar-refractivity contribution in [3.8, 4) is 11.5 Å². The predicted octanol–water partition coefficient (Wildman–Crippen LogP) is 3.54. The SMILES string of the molecule is Cc1c(C2(N)CCCCC2)cc2c(c1Cl)OCCO2. The first-order valence-electron chi connectivity index (χ1n) is 7.00. The van der Waals surface area contributed by atoms with Crippen molar-refractivity contribution >= 4 is 11.6 Å². The lowest BCUT2D eigenvalue weighted by Crippen LogP contribution is -2.39. The van der Waals surface area contributed by atoms with E-state index < -0.39 is 0 Å². The summed E-state index contributed by atoms with van der Waals surface area (Å²) in [4.78, 5) is 0. The summed E-state index contributed by atoms with van der Waals surface area (Å²) in [6, 6.07) is 2.04. The molecule has 0 amide bonds. The fourth-order valence-corrected chi connectivity index (χ4v) is 3.46. The molecule has 2 aliphatic rings. The first kappa shape index (κ1) is 13.1. The Morgan fingerprint density at radius 2 is 1.84 bits per heavy atom. The van der Waals surface area contributed by atoms with Crippen LogP contribution in [0, 0.1) is 6.92 Å². The van der Waals surface area contributed by atoms with Crippen LogP contribution in [0.2, 0.25) is 5.02 Å². The van der Waals surface area contributed by atoms with E-state index in [4.69, 9.17) is 26.8 Å². The minimum atomic E-state index is -0.262. The zero-order valence-corrected chi connectivity index (χ0v) is 12.1. The summed E-state index contributed by atoms with van der Waals surface area (Å²) in [6.45, 7) is 3.15. The molecule has 0 bridgehead atoms. The molecule has 3 nitrogen and oxygen atoms in total. The van der Waals surface area contributed by atoms with Gasteiger partial charge in [0.05, 0.1) is 5.02 Å². The molecule has 3 rings (SSSR count). The maximum Gasteiger partial charge on any atom is 0.180 e. The van der Waals surface area contributed by atoms with E-state index in [1.54, 1.807) is 0 Å². The van der Waals surface area contributed by atoms with Crippen LogP contribution in [0.25, 0.3) is 0 Å². The minimum Gasteiger partial charge on any atom is -0.486 e. The Labute approximate surface area is 119 Å². The van der Waals surface area contributed by atoms with Crippen molar-refractivity contribution in [2.75, 3.05) is 13.2 Å². The Morgan fingerprint density at radius 3 is 2.58 bits per heavy atom. The van der Waals surface area contributed by atoms with E-state index in [0.717, 1.165) is 29.7 Å². The predicted molar refractivity (Wildman–Crippen MR) is 76.1 cm³/mol. The molecular formula is C15H20ClNO2. The van der Waals surface area contributed by atoms with Gasteiger partial charge in [-0.2, -0.15) is 0 Å². The fourth-order valence-electron chi connectivity index (χ4n) is 3.21. The Balaban J connectivity index is 2.08. The number of halogens is 1. The van der Waals surface area contributed by atoms with Crippen LogP contribution in [0.1, 0.15) is 43.2 Å². The lowest BCUT2D eigenvalue weighted by molar-refractivity contribution is 0.170. The van der Waals surface area contributed by atoms with Crippen LogP contribution in [-0.4, -0.2) is 13.2 Å². The zero-order valence-electron chi connectivity index (χ0n) is 11.3. The van der Waals surface area contributed by atoms with E-state index in [1.807, 2.05) is 13.0 Å². The Hall–Kier alpha value is -0.930. The lowest BCUT2D eigenvalue weighted by Gasteiger charge is -2.36. The molecule has 1 fully saturated rings. The molecule has 104 valence electrons. The molecule has 1 aliphatic carbocycles. The first-order chi connectivity index (χ1) is 9.12. The van der Waals surface area contributed by atoms with Gasteiger partial charge in [-0.1, -0.05) is 30.9 Å². The van der Waals surface area contributed by atoms with Gasteiger partial charge in [0.1, 0.15) is 13.2 Å². The average Bonchev–Trinajstić information content (AvgIpc) is 2.43. The summed E-state index contributed by atoms with van der Waals surface area (Å²) >= 11 is 6.44. The largest absolute Gasteiger partial charge is 0.486 e. The van der Waals surface area contributed by atoms with Crippen LogP contribution in [0.5, 0.6) is 11.5 Å². The van der Waals surface area contributed by atoms with Crippen molar-refractivity contribution in [3.05, 3.63) is 22.2 Å². The second-order valence-corrected chi connectivity index (χ2v) is 5.98. The summed E-state index contributed by atoms with van der Waals surface area (Å²) in [5, 5.41) is 0.655. The number of nitrogens with two attached hydrogens (primary N) is 1. The highest BCUT2D eigenvalue weighted by Gasteiger charge is 2.33. The van der Waals surface area contributed by atoms with Crippen LogP contribution >= 0.6 is 11.6 Å². The molecule has 1 aromatic carbocycles. The topological polar surface area (TPSA) is 44.5 Å². The van der Waals surface area contributed by atoms with Gasteiger partial charge in [-0.3, -0.25) is 0 Å². The highest BCUT2D eigenvalue weighted by atomic mass is 35.5. The standard InChI is InChI=1S/C15H20ClNO2/c1-10-11(15(17)5-3-2-4-6-15)9-12-14(13(10)16)19-8-7-18-12/h9H,2-8,17H2,1H3. The molecule has 1 aliphatic heterocycles. The van der Waals surface area contributed by atoms with Crippen LogP contribution in [0.15, 0.2) is 6.07 Å². The first-order valence-corrected chi connectivity index (χ1v) is 7.38. The molecule has 2 N–H and O–H groups in total. The van der Waals surface area contributed by atoms with Gasteiger partial charge in [-0.15, -0.1) is 0 Å². The van der Waals surface area contributed by atoms with Crippen molar-refractivity contribution in [2.24, 2.45) is 5.73 Å². The van der Waals surface area contributed by atoms with Gasteiger partial charge >= 0.3 is 0 Å². The van der Waals surface area contributed by atoms with Crippen LogP contribution in [0.3, 0.4) is 0 Å². The molecule has 1 saturated carbocycles. The number of hydrogen-bond acceptors (Lipinski definition) is 3. The third-order valence-electron chi connectivity index (χ3n) is 4.30. The second kappa shape index (κ2) is 4.88. The molecule has 1 heterocycles. The van der Waals surface area contributed by atoms with Gasteiger partial charge < -0.3 is 15.2 Å². The number of rotatable bonds is 1. The Morgan fingerprint density at radius 1 is 1.16 bits per heavy atom. The summed E-state index contributed by atoms with van der Waals surface area (Å²) in [5.74, 6) is 1.42. The highest BCUT2D eigenvalue weighted by Crippen LogP contribution is 2.46. The summed E-state index contributed by atoms with van der Waals surface area (Å²) in [7, 11) is 0. The van der Waals surface area contributed by atoms with Gasteiger partial charge in [0.15, 0.2) is 11.5 Å². The van der Waals surface area contributed by atoms with Crippen molar-refractivity contribution in [1.29, 1.82) is 0 Å². The molecule has 19 heavy (non-hydrogen) atoms. The van der Waals surface area contributed by atoms with Crippen LogP contribution in [-0.2, 0) is 5.54 Å². The van der Waals surface area contributed by atoms with E-state index in [0.29, 0.717) is 24.0 Å². The molecule has 0 unspecified atom stereocenters. The third kappa shape index (κ3) is 2.19. The van der Waals surface area contributed by atoms with Crippen molar-refractivity contribution in [3.63, 3.8) is 0 Å². The van der Waals surface area contributed by atoms with Gasteiger partial charge in [0.25, 0.3) is 0 Å². The lowest BCUT2D eigenvalue weighted by atomic mass is 9.76. The van der Waals surface area contributed by atoms with Crippen LogP contribution < -0.4 is 15.2 Å². The molecule has 1 aromatic rings. The van der Waals surface area contributed by atoms with Gasteiger partial charge in [-0.25, -0.2) is 0 Å². The highest BCUT2D eigenvalue weighted by molar-refractivity contribution is 6.33. The monoisotopic (exact) mass is 281 g/mol. The molecule has 0 aromatic heterocycles. The van der Waals surface area contributed by atoms with Crippen LogP contribution in [0.4, 0.5) is 0 Å². The molecular weight excluding hydrogens is 262 g/mol. The van der Waals surface area contributed by atoms with E-state index in [1.165, 1.54) is 19.3 Å². The molecule has 0 saturated heterocycles. The number of benzene rings is 1. The maximum atomic E-state index is 6.63. The van der Waals surface area contributed by atoms with Gasteiger partial charge in [0.2, 0.25) is 0 Å². The number of ether oxygens (including phenoxy) is 2. The normalized spacial score (nSPS) is 21.2. The Kier molecular flexibility index (Phi) is 3.35. The van der Waals surface area contributed by atoms with E-state index in [-0.39, 0.29) is 5.54 Å². The summed E-state index contributed by atoms with van der Waals surface area (Å²) in [5.41, 5.74) is 8.53. The number of hydrogen-bond donors (Lipinski definition) is 1. The Bertz CT molecular complexity index is 495. The van der Waals surface area contributed by atoms with E-state index >= 15 is 0 Å². The zero-order chi connectivity index (χ0) is 13.5. The second-order valence-electron chi connectivity index (χ2n) is 5.60. The van der Waals surface area contributed by atoms with E-state index in [2.05, 4.69) is 0 Å². The molecule has 0 atom stereocenters. The van der Waals surface area contributed by atoms with Gasteiger partial charge in [-0.05, 0) is 37.0 Å². The molecule has 0 radical (unpaired) electrons. The quantitative estimate of drug-likeness (QED) is 0.856. The molecule has 0 spiro atoms. The average molecular weight is 282 g/mol. The fraction of sp³-hybridized carbons (Fsp3) is 0.600. The minimum absolute atomic E-state index is 0.262. The molecule has 4 heteroatoms. The summed E-state index contributed by atoms with van der Waals surface area (Å²) < 4.78 is 11.3. The van der Waals surface area contributed by atoms with Crippen molar-refractivity contribution in [2.45, 2.75) is 44.6 Å². The maximum absolute atomic E-state index is 6.63. The number of fused-ring (bicyclic) bond motifs is 1. The van der Waals surface area contributed by atoms with Crippen molar-refractivity contribution in [1.82, 2.24) is 0 Å². The third-order valence-corrected chi connectivity index (χ3v) is 4.76. The van der Waals surface area contributed by atoms with Crippen molar-refractivity contribution < 1.29 is 9.47 Å². The smallest absolute Gasteiger partial charge is 0.180 e. The summed E-state index contributed by atoms with van der Waals surface area (Å²) in [6.07, 6.45) is 5.67.